The Hall–Kier alpha value is -0.530. The standard InChI is InChI=1S/C13H22BrF2N3O/c1-3-6-17-11(5-7-20-9-12(15)16)13-10(14)8-18-19(13)4-2/h8,11-12,17H,3-7,9H2,1-2H3. The van der Waals surface area contributed by atoms with Gasteiger partial charge < -0.3 is 10.1 Å². The van der Waals surface area contributed by atoms with Gasteiger partial charge in [-0.2, -0.15) is 5.10 Å². The third-order valence-electron chi connectivity index (χ3n) is 2.90. The van der Waals surface area contributed by atoms with Crippen LogP contribution in [0.4, 0.5) is 8.78 Å². The molecule has 1 unspecified atom stereocenters. The summed E-state index contributed by atoms with van der Waals surface area (Å²) in [6.45, 7) is 5.53. The highest BCUT2D eigenvalue weighted by atomic mass is 79.9. The second-order valence-corrected chi connectivity index (χ2v) is 5.31. The number of nitrogens with one attached hydrogen (secondary N) is 1. The summed E-state index contributed by atoms with van der Waals surface area (Å²) in [5.41, 5.74) is 1.04. The van der Waals surface area contributed by atoms with Crippen LogP contribution in [0.15, 0.2) is 10.7 Å². The van der Waals surface area contributed by atoms with Crippen molar-refractivity contribution in [2.24, 2.45) is 0 Å². The first-order chi connectivity index (χ1) is 9.60. The van der Waals surface area contributed by atoms with Crippen molar-refractivity contribution in [2.45, 2.75) is 45.7 Å². The van der Waals surface area contributed by atoms with Crippen LogP contribution >= 0.6 is 15.9 Å². The third kappa shape index (κ3) is 5.46. The lowest BCUT2D eigenvalue weighted by Crippen LogP contribution is -2.26. The molecule has 1 rings (SSSR count). The fraction of sp³-hybridized carbons (Fsp3) is 0.769. The number of hydrogen-bond donors (Lipinski definition) is 1. The number of alkyl halides is 2. The van der Waals surface area contributed by atoms with Gasteiger partial charge in [-0.1, -0.05) is 6.92 Å². The van der Waals surface area contributed by atoms with Crippen molar-refractivity contribution < 1.29 is 13.5 Å². The van der Waals surface area contributed by atoms with Crippen molar-refractivity contribution in [1.29, 1.82) is 0 Å². The van der Waals surface area contributed by atoms with Gasteiger partial charge in [-0.15, -0.1) is 0 Å². The first kappa shape index (κ1) is 17.5. The average molecular weight is 354 g/mol. The molecule has 116 valence electrons. The molecule has 0 bridgehead atoms. The van der Waals surface area contributed by atoms with Crippen LogP contribution in [0.3, 0.4) is 0 Å². The van der Waals surface area contributed by atoms with Crippen molar-refractivity contribution in [1.82, 2.24) is 15.1 Å². The van der Waals surface area contributed by atoms with Crippen LogP contribution in [-0.4, -0.2) is 36.0 Å². The largest absolute Gasteiger partial charge is 0.375 e. The predicted molar refractivity (Wildman–Crippen MR) is 78.1 cm³/mol. The zero-order valence-corrected chi connectivity index (χ0v) is 13.5. The van der Waals surface area contributed by atoms with E-state index in [9.17, 15) is 8.78 Å². The van der Waals surface area contributed by atoms with E-state index < -0.39 is 13.0 Å². The topological polar surface area (TPSA) is 39.1 Å². The average Bonchev–Trinajstić information content (AvgIpc) is 2.79. The van der Waals surface area contributed by atoms with Crippen LogP contribution in [-0.2, 0) is 11.3 Å². The molecule has 1 aromatic heterocycles. The molecule has 1 heterocycles. The molecule has 0 aromatic carbocycles. The van der Waals surface area contributed by atoms with E-state index in [1.807, 2.05) is 11.6 Å². The quantitative estimate of drug-likeness (QED) is 0.655. The summed E-state index contributed by atoms with van der Waals surface area (Å²) in [6.07, 6.45) is 0.993. The van der Waals surface area contributed by atoms with Crippen LogP contribution in [0.1, 0.15) is 38.4 Å². The molecular formula is C13H22BrF2N3O. The molecule has 0 aliphatic carbocycles. The van der Waals surface area contributed by atoms with Crippen LogP contribution in [0, 0.1) is 0 Å². The van der Waals surface area contributed by atoms with Gasteiger partial charge in [-0.25, -0.2) is 8.78 Å². The Morgan fingerprint density at radius 3 is 2.80 bits per heavy atom. The van der Waals surface area contributed by atoms with E-state index >= 15 is 0 Å². The van der Waals surface area contributed by atoms with Gasteiger partial charge in [-0.05, 0) is 42.2 Å². The summed E-state index contributed by atoms with van der Waals surface area (Å²) in [5.74, 6) is 0. The Bertz CT molecular complexity index is 388. The zero-order chi connectivity index (χ0) is 15.0. The molecule has 0 fully saturated rings. The number of ether oxygens (including phenoxy) is 1. The smallest absolute Gasteiger partial charge is 0.261 e. The zero-order valence-electron chi connectivity index (χ0n) is 11.9. The number of nitrogens with zero attached hydrogens (tertiary/aromatic N) is 2. The van der Waals surface area contributed by atoms with Gasteiger partial charge in [-0.3, -0.25) is 4.68 Å². The Balaban J connectivity index is 2.65. The van der Waals surface area contributed by atoms with E-state index in [0.29, 0.717) is 13.0 Å². The molecule has 0 aliphatic heterocycles. The lowest BCUT2D eigenvalue weighted by molar-refractivity contribution is 0.0141. The van der Waals surface area contributed by atoms with Gasteiger partial charge in [0.05, 0.1) is 22.4 Å². The normalized spacial score (nSPS) is 13.1. The molecular weight excluding hydrogens is 332 g/mol. The monoisotopic (exact) mass is 353 g/mol. The van der Waals surface area contributed by atoms with E-state index in [0.717, 1.165) is 29.7 Å². The summed E-state index contributed by atoms with van der Waals surface area (Å²) in [5, 5.41) is 7.71. The highest BCUT2D eigenvalue weighted by Gasteiger charge is 2.19. The molecule has 1 aromatic rings. The molecule has 4 nitrogen and oxygen atoms in total. The summed E-state index contributed by atoms with van der Waals surface area (Å²) >= 11 is 3.50. The minimum absolute atomic E-state index is 0.0458. The maximum absolute atomic E-state index is 12.1. The van der Waals surface area contributed by atoms with E-state index in [4.69, 9.17) is 4.74 Å². The molecule has 1 N–H and O–H groups in total. The molecule has 0 saturated carbocycles. The van der Waals surface area contributed by atoms with Crippen molar-refractivity contribution in [3.05, 3.63) is 16.4 Å². The summed E-state index contributed by atoms with van der Waals surface area (Å²) in [6, 6.07) is 0.0458. The fourth-order valence-electron chi connectivity index (χ4n) is 2.00. The first-order valence-electron chi connectivity index (χ1n) is 6.90. The molecule has 7 heteroatoms. The second-order valence-electron chi connectivity index (χ2n) is 4.45. The van der Waals surface area contributed by atoms with E-state index in [1.165, 1.54) is 0 Å². The Kier molecular flexibility index (Phi) is 8.25. The molecule has 1 atom stereocenters. The maximum Gasteiger partial charge on any atom is 0.261 e. The molecule has 0 amide bonds. The molecule has 0 saturated heterocycles. The number of hydrogen-bond acceptors (Lipinski definition) is 3. The van der Waals surface area contributed by atoms with Gasteiger partial charge in [0.2, 0.25) is 0 Å². The summed E-state index contributed by atoms with van der Waals surface area (Å²) in [7, 11) is 0. The Morgan fingerprint density at radius 2 is 2.20 bits per heavy atom. The molecule has 0 aliphatic rings. The SMILES string of the molecule is CCCNC(CCOCC(F)F)c1c(Br)cnn1CC. The predicted octanol–water partition coefficient (Wildman–Crippen LogP) is 3.38. The lowest BCUT2D eigenvalue weighted by atomic mass is 10.1. The third-order valence-corrected chi connectivity index (χ3v) is 3.51. The molecule has 0 radical (unpaired) electrons. The molecule has 0 spiro atoms. The first-order valence-corrected chi connectivity index (χ1v) is 7.69. The van der Waals surface area contributed by atoms with Crippen molar-refractivity contribution in [3.8, 4) is 0 Å². The van der Waals surface area contributed by atoms with Crippen molar-refractivity contribution >= 4 is 15.9 Å². The summed E-state index contributed by atoms with van der Waals surface area (Å²) < 4.78 is 31.9. The van der Waals surface area contributed by atoms with E-state index in [-0.39, 0.29) is 6.04 Å². The van der Waals surface area contributed by atoms with Gasteiger partial charge in [0.1, 0.15) is 6.61 Å². The van der Waals surface area contributed by atoms with Gasteiger partial charge >= 0.3 is 0 Å². The minimum Gasteiger partial charge on any atom is -0.375 e. The number of aryl methyl sites for hydroxylation is 1. The van der Waals surface area contributed by atoms with Gasteiger partial charge in [0.25, 0.3) is 6.43 Å². The molecule has 20 heavy (non-hydrogen) atoms. The van der Waals surface area contributed by atoms with Gasteiger partial charge in [0, 0.05) is 13.2 Å². The second kappa shape index (κ2) is 9.41. The van der Waals surface area contributed by atoms with E-state index in [1.54, 1.807) is 6.20 Å². The Labute approximate surface area is 127 Å². The number of rotatable bonds is 10. The highest BCUT2D eigenvalue weighted by Crippen LogP contribution is 2.25. The highest BCUT2D eigenvalue weighted by molar-refractivity contribution is 9.10. The van der Waals surface area contributed by atoms with Crippen LogP contribution in [0.25, 0.3) is 0 Å². The van der Waals surface area contributed by atoms with Crippen molar-refractivity contribution in [2.75, 3.05) is 19.8 Å². The van der Waals surface area contributed by atoms with Crippen LogP contribution in [0.2, 0.25) is 0 Å². The fourth-order valence-corrected chi connectivity index (χ4v) is 2.57. The minimum atomic E-state index is -2.41. The Morgan fingerprint density at radius 1 is 1.45 bits per heavy atom. The van der Waals surface area contributed by atoms with Crippen LogP contribution in [0.5, 0.6) is 0 Å². The van der Waals surface area contributed by atoms with Gasteiger partial charge in [0.15, 0.2) is 0 Å². The summed E-state index contributed by atoms with van der Waals surface area (Å²) in [4.78, 5) is 0. The number of halogens is 3. The van der Waals surface area contributed by atoms with Crippen LogP contribution < -0.4 is 5.32 Å². The lowest BCUT2D eigenvalue weighted by Gasteiger charge is -2.20. The maximum atomic E-state index is 12.1. The number of aromatic nitrogens is 2. The van der Waals surface area contributed by atoms with Crippen molar-refractivity contribution in [3.63, 3.8) is 0 Å². The van der Waals surface area contributed by atoms with E-state index in [2.05, 4.69) is 33.3 Å².